The number of hydrogen-bond acceptors (Lipinski definition) is 8. The molecule has 0 atom stereocenters. The molecule has 0 fully saturated rings. The van der Waals surface area contributed by atoms with Crippen molar-refractivity contribution >= 4 is 45.0 Å². The zero-order chi connectivity index (χ0) is 20.3. The standard InChI is InChI=1S/C19H18N4O3S2/c1-10-11(2)28-19(21-10)23-17(24)9-27-18-13(8-20)5-12-6-15(25-3)16(26-4)7-14(12)22-18/h5-7H,9H2,1-4H3,(H,21,23,24). The lowest BCUT2D eigenvalue weighted by Crippen LogP contribution is -2.14. The highest BCUT2D eigenvalue weighted by atomic mass is 32.2. The number of thioether (sulfide) groups is 1. The summed E-state index contributed by atoms with van der Waals surface area (Å²) >= 11 is 2.64. The van der Waals surface area contributed by atoms with Crippen molar-refractivity contribution in [3.05, 3.63) is 34.3 Å². The summed E-state index contributed by atoms with van der Waals surface area (Å²) in [5.74, 6) is 1.04. The summed E-state index contributed by atoms with van der Waals surface area (Å²) in [6.45, 7) is 3.86. The minimum Gasteiger partial charge on any atom is -0.493 e. The van der Waals surface area contributed by atoms with Crippen LogP contribution in [0.3, 0.4) is 0 Å². The minimum absolute atomic E-state index is 0.123. The number of pyridine rings is 1. The van der Waals surface area contributed by atoms with Crippen LogP contribution in [0.1, 0.15) is 16.1 Å². The number of fused-ring (bicyclic) bond motifs is 1. The average Bonchev–Trinajstić information content (AvgIpc) is 3.01. The number of nitrogens with one attached hydrogen (secondary N) is 1. The van der Waals surface area contributed by atoms with Crippen molar-refractivity contribution in [1.29, 1.82) is 5.26 Å². The Bertz CT molecular complexity index is 1070. The number of benzene rings is 1. The van der Waals surface area contributed by atoms with Crippen molar-refractivity contribution < 1.29 is 14.3 Å². The van der Waals surface area contributed by atoms with Crippen LogP contribution in [0.2, 0.25) is 0 Å². The third-order valence-electron chi connectivity index (χ3n) is 4.02. The van der Waals surface area contributed by atoms with Crippen LogP contribution in [0.4, 0.5) is 5.13 Å². The number of aryl methyl sites for hydroxylation is 2. The van der Waals surface area contributed by atoms with E-state index in [1.54, 1.807) is 32.4 Å². The van der Waals surface area contributed by atoms with Gasteiger partial charge in [-0.3, -0.25) is 4.79 Å². The Hall–Kier alpha value is -2.83. The second kappa shape index (κ2) is 8.46. The second-order valence-corrected chi connectivity index (χ2v) is 8.02. The van der Waals surface area contributed by atoms with Crippen molar-refractivity contribution in [2.45, 2.75) is 18.9 Å². The molecule has 28 heavy (non-hydrogen) atoms. The number of carbonyl (C=O) groups is 1. The molecule has 1 amide bonds. The summed E-state index contributed by atoms with van der Waals surface area (Å²) in [6.07, 6.45) is 0. The fraction of sp³-hybridized carbons (Fsp3) is 0.263. The molecule has 0 saturated heterocycles. The van der Waals surface area contributed by atoms with E-state index in [-0.39, 0.29) is 11.7 Å². The average molecular weight is 415 g/mol. The van der Waals surface area contributed by atoms with E-state index in [4.69, 9.17) is 9.47 Å². The Morgan fingerprint density at radius 3 is 2.54 bits per heavy atom. The maximum Gasteiger partial charge on any atom is 0.236 e. The molecule has 3 aromatic rings. The van der Waals surface area contributed by atoms with Gasteiger partial charge in [-0.05, 0) is 26.0 Å². The summed E-state index contributed by atoms with van der Waals surface area (Å²) in [5, 5.41) is 14.1. The van der Waals surface area contributed by atoms with Crippen LogP contribution in [-0.2, 0) is 4.79 Å². The molecule has 0 aliphatic rings. The monoisotopic (exact) mass is 414 g/mol. The lowest BCUT2D eigenvalue weighted by Gasteiger charge is -2.10. The molecule has 0 saturated carbocycles. The third-order valence-corrected chi connectivity index (χ3v) is 6.00. The maximum atomic E-state index is 12.2. The van der Waals surface area contributed by atoms with Gasteiger partial charge in [0.2, 0.25) is 5.91 Å². The molecule has 0 radical (unpaired) electrons. The smallest absolute Gasteiger partial charge is 0.236 e. The van der Waals surface area contributed by atoms with E-state index >= 15 is 0 Å². The first-order valence-corrected chi connectivity index (χ1v) is 10.1. The molecular formula is C19H18N4O3S2. The molecule has 0 spiro atoms. The normalized spacial score (nSPS) is 10.5. The van der Waals surface area contributed by atoms with Crippen molar-refractivity contribution in [1.82, 2.24) is 9.97 Å². The molecular weight excluding hydrogens is 396 g/mol. The Balaban J connectivity index is 1.81. The van der Waals surface area contributed by atoms with Gasteiger partial charge in [-0.1, -0.05) is 11.8 Å². The Labute approximate surface area is 170 Å². The number of nitriles is 1. The van der Waals surface area contributed by atoms with Crippen LogP contribution in [-0.4, -0.2) is 35.8 Å². The quantitative estimate of drug-likeness (QED) is 0.610. The summed E-state index contributed by atoms with van der Waals surface area (Å²) in [7, 11) is 3.10. The van der Waals surface area contributed by atoms with E-state index in [0.717, 1.165) is 16.0 Å². The van der Waals surface area contributed by atoms with Crippen LogP contribution in [0.15, 0.2) is 23.2 Å². The minimum atomic E-state index is -0.197. The lowest BCUT2D eigenvalue weighted by molar-refractivity contribution is -0.113. The lowest BCUT2D eigenvalue weighted by atomic mass is 10.1. The van der Waals surface area contributed by atoms with E-state index in [9.17, 15) is 10.1 Å². The second-order valence-electron chi connectivity index (χ2n) is 5.85. The third kappa shape index (κ3) is 4.18. The fourth-order valence-electron chi connectivity index (χ4n) is 2.49. The molecule has 0 aliphatic heterocycles. The first kappa shape index (κ1) is 19.9. The Morgan fingerprint density at radius 1 is 1.21 bits per heavy atom. The van der Waals surface area contributed by atoms with Crippen LogP contribution in [0.5, 0.6) is 11.5 Å². The van der Waals surface area contributed by atoms with E-state index < -0.39 is 0 Å². The van der Waals surface area contributed by atoms with Crippen LogP contribution in [0.25, 0.3) is 10.9 Å². The van der Waals surface area contributed by atoms with Gasteiger partial charge < -0.3 is 14.8 Å². The van der Waals surface area contributed by atoms with Crippen molar-refractivity contribution in [2.75, 3.05) is 25.3 Å². The first-order chi connectivity index (χ1) is 13.4. The summed E-state index contributed by atoms with van der Waals surface area (Å²) in [4.78, 5) is 22.1. The topological polar surface area (TPSA) is 97.1 Å². The zero-order valence-corrected chi connectivity index (χ0v) is 17.5. The molecule has 1 N–H and O–H groups in total. The van der Waals surface area contributed by atoms with E-state index in [0.29, 0.717) is 32.7 Å². The highest BCUT2D eigenvalue weighted by Crippen LogP contribution is 2.33. The number of hydrogen-bond donors (Lipinski definition) is 1. The molecule has 1 aromatic carbocycles. The molecule has 7 nitrogen and oxygen atoms in total. The number of carbonyl (C=O) groups excluding carboxylic acids is 1. The summed E-state index contributed by atoms with van der Waals surface area (Å²) < 4.78 is 10.6. The zero-order valence-electron chi connectivity index (χ0n) is 15.8. The molecule has 2 heterocycles. The maximum absolute atomic E-state index is 12.2. The predicted octanol–water partition coefficient (Wildman–Crippen LogP) is 3.93. The molecule has 2 aromatic heterocycles. The predicted molar refractivity (Wildman–Crippen MR) is 111 cm³/mol. The number of ether oxygens (including phenoxy) is 2. The number of nitrogens with zero attached hydrogens (tertiary/aromatic N) is 3. The largest absolute Gasteiger partial charge is 0.493 e. The number of thiazole rings is 1. The Morgan fingerprint density at radius 2 is 1.93 bits per heavy atom. The van der Waals surface area contributed by atoms with Crippen LogP contribution < -0.4 is 14.8 Å². The van der Waals surface area contributed by atoms with Crippen molar-refractivity contribution in [3.8, 4) is 17.6 Å². The number of anilines is 1. The number of aromatic nitrogens is 2. The number of rotatable bonds is 6. The molecule has 0 unspecified atom stereocenters. The van der Waals surface area contributed by atoms with Gasteiger partial charge in [-0.25, -0.2) is 9.97 Å². The molecule has 0 bridgehead atoms. The number of methoxy groups -OCH3 is 2. The van der Waals surface area contributed by atoms with Gasteiger partial charge in [-0.2, -0.15) is 5.26 Å². The highest BCUT2D eigenvalue weighted by molar-refractivity contribution is 8.00. The summed E-state index contributed by atoms with van der Waals surface area (Å²) in [5.41, 5.74) is 1.96. The van der Waals surface area contributed by atoms with Gasteiger partial charge in [-0.15, -0.1) is 11.3 Å². The molecule has 9 heteroatoms. The Kier molecular flexibility index (Phi) is 6.02. The van der Waals surface area contributed by atoms with Gasteiger partial charge in [0.1, 0.15) is 11.1 Å². The van der Waals surface area contributed by atoms with Crippen LogP contribution in [0, 0.1) is 25.2 Å². The van der Waals surface area contributed by atoms with Gasteiger partial charge >= 0.3 is 0 Å². The van der Waals surface area contributed by atoms with E-state index in [1.807, 2.05) is 13.8 Å². The van der Waals surface area contributed by atoms with Crippen molar-refractivity contribution in [3.63, 3.8) is 0 Å². The summed E-state index contributed by atoms with van der Waals surface area (Å²) in [6, 6.07) is 7.40. The molecule has 0 aliphatic carbocycles. The first-order valence-electron chi connectivity index (χ1n) is 8.28. The number of amides is 1. The highest BCUT2D eigenvalue weighted by Gasteiger charge is 2.14. The van der Waals surface area contributed by atoms with Crippen LogP contribution >= 0.6 is 23.1 Å². The van der Waals surface area contributed by atoms with Gasteiger partial charge in [0.05, 0.1) is 36.7 Å². The molecule has 144 valence electrons. The van der Waals surface area contributed by atoms with Gasteiger partial charge in [0.25, 0.3) is 0 Å². The van der Waals surface area contributed by atoms with Gasteiger partial charge in [0.15, 0.2) is 16.6 Å². The molecule has 3 rings (SSSR count). The van der Waals surface area contributed by atoms with Crippen molar-refractivity contribution in [2.24, 2.45) is 0 Å². The SMILES string of the molecule is COc1cc2cc(C#N)c(SCC(=O)Nc3nc(C)c(C)s3)nc2cc1OC. The van der Waals surface area contributed by atoms with E-state index in [1.165, 1.54) is 23.1 Å². The van der Waals surface area contributed by atoms with E-state index in [2.05, 4.69) is 21.4 Å². The van der Waals surface area contributed by atoms with Gasteiger partial charge in [0, 0.05) is 16.3 Å². The fourth-order valence-corrected chi connectivity index (χ4v) is 4.08.